The van der Waals surface area contributed by atoms with Crippen LogP contribution in [0.25, 0.3) is 0 Å². The number of amides is 1. The first-order valence-electron chi connectivity index (χ1n) is 7.73. The van der Waals surface area contributed by atoms with Crippen molar-refractivity contribution in [2.24, 2.45) is 0 Å². The Morgan fingerprint density at radius 3 is 2.71 bits per heavy atom. The highest BCUT2D eigenvalue weighted by molar-refractivity contribution is 7.98. The second kappa shape index (κ2) is 7.01. The van der Waals surface area contributed by atoms with Gasteiger partial charge in [-0.15, -0.1) is 11.8 Å². The van der Waals surface area contributed by atoms with E-state index in [2.05, 4.69) is 9.88 Å². The Labute approximate surface area is 145 Å². The normalized spacial score (nSPS) is 10.8. The lowest BCUT2D eigenvalue weighted by atomic mass is 10.2. The molecule has 1 amide bonds. The summed E-state index contributed by atoms with van der Waals surface area (Å²) < 4.78 is 7.51. The molecule has 5 heteroatoms. The van der Waals surface area contributed by atoms with E-state index in [-0.39, 0.29) is 5.91 Å². The van der Waals surface area contributed by atoms with Gasteiger partial charge in [0, 0.05) is 16.3 Å². The van der Waals surface area contributed by atoms with Crippen LogP contribution in [0, 0.1) is 13.8 Å². The lowest BCUT2D eigenvalue weighted by Crippen LogP contribution is -2.14. The van der Waals surface area contributed by atoms with Crippen LogP contribution in [0.4, 0.5) is 5.69 Å². The maximum Gasteiger partial charge on any atom is 0.257 e. The summed E-state index contributed by atoms with van der Waals surface area (Å²) in [7, 11) is 0. The minimum Gasteiger partial charge on any atom is -0.467 e. The van der Waals surface area contributed by atoms with Gasteiger partial charge in [0.1, 0.15) is 5.76 Å². The molecule has 0 saturated carbocycles. The van der Waals surface area contributed by atoms with Crippen LogP contribution < -0.4 is 5.32 Å². The Kier molecular flexibility index (Phi) is 4.81. The molecular weight excluding hydrogens is 320 g/mol. The molecule has 124 valence electrons. The molecular formula is C19H20N2O2S. The van der Waals surface area contributed by atoms with Gasteiger partial charge in [0.25, 0.3) is 5.91 Å². The Balaban J connectivity index is 1.85. The van der Waals surface area contributed by atoms with Crippen molar-refractivity contribution in [2.75, 3.05) is 11.6 Å². The zero-order chi connectivity index (χ0) is 17.1. The average Bonchev–Trinajstić information content (AvgIpc) is 3.19. The van der Waals surface area contributed by atoms with Gasteiger partial charge in [-0.1, -0.05) is 12.1 Å². The summed E-state index contributed by atoms with van der Waals surface area (Å²) >= 11 is 1.62. The van der Waals surface area contributed by atoms with Gasteiger partial charge in [0.2, 0.25) is 0 Å². The van der Waals surface area contributed by atoms with Gasteiger partial charge < -0.3 is 14.3 Å². The van der Waals surface area contributed by atoms with Crippen molar-refractivity contribution in [3.8, 4) is 0 Å². The molecule has 1 aromatic carbocycles. The van der Waals surface area contributed by atoms with Gasteiger partial charge in [-0.3, -0.25) is 4.79 Å². The third-order valence-electron chi connectivity index (χ3n) is 4.07. The quantitative estimate of drug-likeness (QED) is 0.684. The highest BCUT2D eigenvalue weighted by atomic mass is 32.2. The number of thioether (sulfide) groups is 1. The van der Waals surface area contributed by atoms with Crippen LogP contribution in [-0.2, 0) is 6.54 Å². The van der Waals surface area contributed by atoms with Crippen molar-refractivity contribution in [3.05, 3.63) is 71.4 Å². The fourth-order valence-electron chi connectivity index (χ4n) is 2.77. The van der Waals surface area contributed by atoms with Crippen molar-refractivity contribution >= 4 is 23.4 Å². The molecule has 0 saturated heterocycles. The molecule has 0 radical (unpaired) electrons. The van der Waals surface area contributed by atoms with Crippen molar-refractivity contribution in [1.82, 2.24) is 4.57 Å². The maximum atomic E-state index is 12.7. The SMILES string of the molecule is CSc1ccccc1NC(=O)c1cc(C)n(Cc2ccco2)c1C. The van der Waals surface area contributed by atoms with Crippen molar-refractivity contribution < 1.29 is 9.21 Å². The van der Waals surface area contributed by atoms with Crippen molar-refractivity contribution in [2.45, 2.75) is 25.3 Å². The standard InChI is InChI=1S/C19H20N2O2S/c1-13-11-16(14(2)21(13)12-15-7-6-10-23-15)19(22)20-17-8-4-5-9-18(17)24-3/h4-11H,12H2,1-3H3,(H,20,22). The highest BCUT2D eigenvalue weighted by Crippen LogP contribution is 2.26. The molecule has 3 rings (SSSR count). The third-order valence-corrected chi connectivity index (χ3v) is 4.86. The number of anilines is 1. The Hall–Kier alpha value is -2.40. The molecule has 24 heavy (non-hydrogen) atoms. The summed E-state index contributed by atoms with van der Waals surface area (Å²) in [5, 5.41) is 3.02. The summed E-state index contributed by atoms with van der Waals surface area (Å²) in [6, 6.07) is 13.6. The van der Waals surface area contributed by atoms with E-state index in [1.165, 1.54) is 0 Å². The monoisotopic (exact) mass is 340 g/mol. The largest absolute Gasteiger partial charge is 0.467 e. The minimum absolute atomic E-state index is 0.0877. The Bertz CT molecular complexity index is 850. The molecule has 0 unspecified atom stereocenters. The van der Waals surface area contributed by atoms with Gasteiger partial charge in [-0.05, 0) is 50.4 Å². The van der Waals surface area contributed by atoms with Gasteiger partial charge in [0.05, 0.1) is 24.1 Å². The molecule has 1 N–H and O–H groups in total. The molecule has 0 fully saturated rings. The lowest BCUT2D eigenvalue weighted by Gasteiger charge is -2.10. The fraction of sp³-hybridized carbons (Fsp3) is 0.211. The maximum absolute atomic E-state index is 12.7. The first kappa shape index (κ1) is 16.5. The molecule has 2 heterocycles. The van der Waals surface area contributed by atoms with Crippen LogP contribution in [0.5, 0.6) is 0 Å². The minimum atomic E-state index is -0.0877. The lowest BCUT2D eigenvalue weighted by molar-refractivity contribution is 0.102. The van der Waals surface area contributed by atoms with E-state index in [4.69, 9.17) is 4.42 Å². The van der Waals surface area contributed by atoms with Crippen molar-refractivity contribution in [1.29, 1.82) is 0 Å². The number of para-hydroxylation sites is 1. The van der Waals surface area contributed by atoms with Crippen LogP contribution in [-0.4, -0.2) is 16.7 Å². The predicted octanol–water partition coefficient (Wildman–Crippen LogP) is 4.72. The number of nitrogens with zero attached hydrogens (tertiary/aromatic N) is 1. The van der Waals surface area contributed by atoms with E-state index >= 15 is 0 Å². The number of hydrogen-bond acceptors (Lipinski definition) is 3. The number of nitrogens with one attached hydrogen (secondary N) is 1. The number of hydrogen-bond donors (Lipinski definition) is 1. The van der Waals surface area contributed by atoms with E-state index in [1.54, 1.807) is 18.0 Å². The van der Waals surface area contributed by atoms with E-state index < -0.39 is 0 Å². The van der Waals surface area contributed by atoms with Crippen LogP contribution in [0.15, 0.2) is 58.0 Å². The number of carbonyl (C=O) groups excluding carboxylic acids is 1. The predicted molar refractivity (Wildman–Crippen MR) is 97.9 cm³/mol. The third kappa shape index (κ3) is 3.26. The summed E-state index contributed by atoms with van der Waals surface area (Å²) in [6.07, 6.45) is 3.66. The zero-order valence-electron chi connectivity index (χ0n) is 14.0. The molecule has 0 atom stereocenters. The second-order valence-electron chi connectivity index (χ2n) is 5.60. The molecule has 0 aliphatic rings. The van der Waals surface area contributed by atoms with E-state index in [0.29, 0.717) is 12.1 Å². The first-order chi connectivity index (χ1) is 11.6. The molecule has 0 aliphatic carbocycles. The molecule has 3 aromatic rings. The number of carbonyl (C=O) groups is 1. The first-order valence-corrected chi connectivity index (χ1v) is 8.96. The molecule has 0 bridgehead atoms. The zero-order valence-corrected chi connectivity index (χ0v) is 14.8. The molecule has 0 spiro atoms. The van der Waals surface area contributed by atoms with Gasteiger partial charge in [-0.25, -0.2) is 0 Å². The number of aryl methyl sites for hydroxylation is 1. The van der Waals surface area contributed by atoms with Crippen LogP contribution in [0.1, 0.15) is 27.5 Å². The summed E-state index contributed by atoms with van der Waals surface area (Å²) in [6.45, 7) is 4.59. The molecule has 0 aliphatic heterocycles. The van der Waals surface area contributed by atoms with Gasteiger partial charge >= 0.3 is 0 Å². The average molecular weight is 340 g/mol. The van der Waals surface area contributed by atoms with Crippen LogP contribution in [0.2, 0.25) is 0 Å². The van der Waals surface area contributed by atoms with E-state index in [1.807, 2.05) is 62.6 Å². The number of benzene rings is 1. The number of furan rings is 1. The van der Waals surface area contributed by atoms with Crippen LogP contribution >= 0.6 is 11.8 Å². The number of rotatable bonds is 5. The van der Waals surface area contributed by atoms with Gasteiger partial charge in [-0.2, -0.15) is 0 Å². The van der Waals surface area contributed by atoms with Crippen LogP contribution in [0.3, 0.4) is 0 Å². The second-order valence-corrected chi connectivity index (χ2v) is 6.45. The summed E-state index contributed by atoms with van der Waals surface area (Å²) in [5.41, 5.74) is 3.50. The Morgan fingerprint density at radius 1 is 1.21 bits per heavy atom. The topological polar surface area (TPSA) is 47.2 Å². The molecule has 2 aromatic heterocycles. The van der Waals surface area contributed by atoms with Gasteiger partial charge in [0.15, 0.2) is 0 Å². The Morgan fingerprint density at radius 2 is 2.00 bits per heavy atom. The highest BCUT2D eigenvalue weighted by Gasteiger charge is 2.17. The molecule has 4 nitrogen and oxygen atoms in total. The summed E-state index contributed by atoms with van der Waals surface area (Å²) in [4.78, 5) is 13.8. The fourth-order valence-corrected chi connectivity index (χ4v) is 3.32. The smallest absolute Gasteiger partial charge is 0.257 e. The van der Waals surface area contributed by atoms with E-state index in [9.17, 15) is 4.79 Å². The summed E-state index contributed by atoms with van der Waals surface area (Å²) in [5.74, 6) is 0.784. The van der Waals surface area contributed by atoms with E-state index in [0.717, 1.165) is 27.7 Å². The number of aromatic nitrogens is 1. The van der Waals surface area contributed by atoms with Crippen molar-refractivity contribution in [3.63, 3.8) is 0 Å².